The molecule has 0 fully saturated rings. The highest BCUT2D eigenvalue weighted by Gasteiger charge is 2.11. The Hall–Kier alpha value is -0.900. The van der Waals surface area contributed by atoms with Gasteiger partial charge in [0, 0.05) is 16.6 Å². The summed E-state index contributed by atoms with van der Waals surface area (Å²) in [7, 11) is -1.04. The van der Waals surface area contributed by atoms with E-state index in [-0.39, 0.29) is 11.5 Å². The zero-order chi connectivity index (χ0) is 9.68. The van der Waals surface area contributed by atoms with Crippen molar-refractivity contribution in [3.8, 4) is 0 Å². The maximum atomic E-state index is 11.3. The molecular formula is C9H12O3S. The van der Waals surface area contributed by atoms with Crippen LogP contribution in [0.15, 0.2) is 22.8 Å². The van der Waals surface area contributed by atoms with Gasteiger partial charge in [-0.25, -0.2) is 0 Å². The normalized spacial score (nSPS) is 12.7. The van der Waals surface area contributed by atoms with Crippen LogP contribution in [0.4, 0.5) is 0 Å². The molecule has 0 aromatic carbocycles. The second-order valence-electron chi connectivity index (χ2n) is 2.69. The standard InChI is InChI=1S/C9H12O3S/c1-2-6-13(11)7-8(10)9-4-3-5-12-9/h3-5H,2,6-7H2,1H3. The van der Waals surface area contributed by atoms with Crippen LogP contribution in [0.3, 0.4) is 0 Å². The Morgan fingerprint density at radius 3 is 2.92 bits per heavy atom. The largest absolute Gasteiger partial charge is 0.461 e. The fourth-order valence-corrected chi connectivity index (χ4v) is 1.99. The number of ketones is 1. The van der Waals surface area contributed by atoms with E-state index < -0.39 is 10.8 Å². The lowest BCUT2D eigenvalue weighted by Gasteiger charge is -1.96. The number of hydrogen-bond donors (Lipinski definition) is 0. The Morgan fingerprint density at radius 2 is 2.38 bits per heavy atom. The summed E-state index contributed by atoms with van der Waals surface area (Å²) in [6.07, 6.45) is 2.27. The smallest absolute Gasteiger partial charge is 0.210 e. The van der Waals surface area contributed by atoms with Crippen molar-refractivity contribution in [3.63, 3.8) is 0 Å². The second-order valence-corrected chi connectivity index (χ2v) is 4.27. The second kappa shape index (κ2) is 4.97. The number of carbonyl (C=O) groups is 1. The minimum Gasteiger partial charge on any atom is -0.461 e. The van der Waals surface area contributed by atoms with Crippen molar-refractivity contribution in [2.75, 3.05) is 11.5 Å². The fourth-order valence-electron chi connectivity index (χ4n) is 0.954. The van der Waals surface area contributed by atoms with Crippen LogP contribution in [-0.2, 0) is 10.8 Å². The molecule has 0 amide bonds. The number of Topliss-reactive ketones (excluding diaryl/α,β-unsaturated/α-hetero) is 1. The predicted octanol–water partition coefficient (Wildman–Crippen LogP) is 1.62. The molecule has 0 saturated heterocycles. The van der Waals surface area contributed by atoms with Crippen molar-refractivity contribution in [2.45, 2.75) is 13.3 Å². The van der Waals surface area contributed by atoms with Gasteiger partial charge in [-0.1, -0.05) is 6.92 Å². The molecule has 0 aliphatic heterocycles. The Labute approximate surface area is 79.6 Å². The maximum Gasteiger partial charge on any atom is 0.210 e. The topological polar surface area (TPSA) is 47.3 Å². The lowest BCUT2D eigenvalue weighted by atomic mass is 10.3. The lowest BCUT2D eigenvalue weighted by molar-refractivity contribution is 0.0991. The van der Waals surface area contributed by atoms with E-state index in [1.165, 1.54) is 6.26 Å². The van der Waals surface area contributed by atoms with Gasteiger partial charge in [0.1, 0.15) is 0 Å². The minimum atomic E-state index is -1.04. The van der Waals surface area contributed by atoms with Gasteiger partial charge in [0.15, 0.2) is 5.76 Å². The van der Waals surface area contributed by atoms with Crippen LogP contribution in [0, 0.1) is 0 Å². The number of carbonyl (C=O) groups excluding carboxylic acids is 1. The van der Waals surface area contributed by atoms with Crippen LogP contribution in [0.1, 0.15) is 23.9 Å². The van der Waals surface area contributed by atoms with Gasteiger partial charge in [-0.3, -0.25) is 9.00 Å². The van der Waals surface area contributed by atoms with Crippen LogP contribution in [0.2, 0.25) is 0 Å². The van der Waals surface area contributed by atoms with Crippen molar-refractivity contribution in [1.82, 2.24) is 0 Å². The fraction of sp³-hybridized carbons (Fsp3) is 0.444. The summed E-state index contributed by atoms with van der Waals surface area (Å²) in [5.74, 6) is 0.759. The Morgan fingerprint density at radius 1 is 1.62 bits per heavy atom. The zero-order valence-electron chi connectivity index (χ0n) is 7.49. The first-order chi connectivity index (χ1) is 6.24. The van der Waals surface area contributed by atoms with Gasteiger partial charge in [-0.15, -0.1) is 0 Å². The van der Waals surface area contributed by atoms with Gasteiger partial charge in [-0.2, -0.15) is 0 Å². The molecule has 1 atom stereocenters. The van der Waals surface area contributed by atoms with Crippen LogP contribution in [0.25, 0.3) is 0 Å². The SMILES string of the molecule is CCCS(=O)CC(=O)c1ccco1. The summed E-state index contributed by atoms with van der Waals surface area (Å²) < 4.78 is 16.1. The van der Waals surface area contributed by atoms with Crippen molar-refractivity contribution >= 4 is 16.6 Å². The van der Waals surface area contributed by atoms with Gasteiger partial charge >= 0.3 is 0 Å². The molecular weight excluding hydrogens is 188 g/mol. The predicted molar refractivity (Wildman–Crippen MR) is 51.2 cm³/mol. The van der Waals surface area contributed by atoms with E-state index in [2.05, 4.69) is 0 Å². The summed E-state index contributed by atoms with van der Waals surface area (Å²) in [6, 6.07) is 3.24. The number of hydrogen-bond acceptors (Lipinski definition) is 3. The molecule has 13 heavy (non-hydrogen) atoms. The molecule has 4 heteroatoms. The third-order valence-electron chi connectivity index (χ3n) is 1.52. The van der Waals surface area contributed by atoms with E-state index in [4.69, 9.17) is 4.42 Å². The molecule has 1 heterocycles. The molecule has 0 radical (unpaired) electrons. The van der Waals surface area contributed by atoms with Crippen molar-refractivity contribution in [2.24, 2.45) is 0 Å². The summed E-state index contributed by atoms with van der Waals surface area (Å²) in [4.78, 5) is 11.3. The van der Waals surface area contributed by atoms with Gasteiger partial charge < -0.3 is 4.42 Å². The van der Waals surface area contributed by atoms with Gasteiger partial charge in [-0.05, 0) is 18.6 Å². The maximum absolute atomic E-state index is 11.3. The monoisotopic (exact) mass is 200 g/mol. The van der Waals surface area contributed by atoms with E-state index in [1.807, 2.05) is 6.92 Å². The Balaban J connectivity index is 2.47. The lowest BCUT2D eigenvalue weighted by Crippen LogP contribution is -2.12. The van der Waals surface area contributed by atoms with Gasteiger partial charge in [0.2, 0.25) is 5.78 Å². The van der Waals surface area contributed by atoms with E-state index in [9.17, 15) is 9.00 Å². The van der Waals surface area contributed by atoms with Crippen molar-refractivity contribution in [3.05, 3.63) is 24.2 Å². The van der Waals surface area contributed by atoms with Crippen LogP contribution >= 0.6 is 0 Å². The molecule has 1 rings (SSSR count). The van der Waals surface area contributed by atoms with Crippen molar-refractivity contribution < 1.29 is 13.4 Å². The van der Waals surface area contributed by atoms with E-state index in [0.29, 0.717) is 11.5 Å². The molecule has 0 aliphatic carbocycles. The molecule has 0 aliphatic rings. The van der Waals surface area contributed by atoms with E-state index >= 15 is 0 Å². The molecule has 1 aromatic heterocycles. The van der Waals surface area contributed by atoms with Gasteiger partial charge in [0.05, 0.1) is 12.0 Å². The Kier molecular flexibility index (Phi) is 3.89. The van der Waals surface area contributed by atoms with Gasteiger partial charge in [0.25, 0.3) is 0 Å². The molecule has 1 unspecified atom stereocenters. The highest BCUT2D eigenvalue weighted by atomic mass is 32.2. The zero-order valence-corrected chi connectivity index (χ0v) is 8.30. The van der Waals surface area contributed by atoms with Crippen LogP contribution in [-0.4, -0.2) is 21.5 Å². The Bertz CT molecular complexity index is 290. The summed E-state index contributed by atoms with van der Waals surface area (Å²) in [5.41, 5.74) is 0. The highest BCUT2D eigenvalue weighted by Crippen LogP contribution is 2.02. The van der Waals surface area contributed by atoms with E-state index in [0.717, 1.165) is 6.42 Å². The molecule has 0 N–H and O–H groups in total. The minimum absolute atomic E-state index is 0.0708. The van der Waals surface area contributed by atoms with Crippen LogP contribution in [0.5, 0.6) is 0 Å². The number of rotatable bonds is 5. The van der Waals surface area contributed by atoms with Crippen LogP contribution < -0.4 is 0 Å². The number of furan rings is 1. The third-order valence-corrected chi connectivity index (χ3v) is 2.97. The molecule has 0 bridgehead atoms. The third kappa shape index (κ3) is 3.14. The first kappa shape index (κ1) is 10.2. The summed E-state index contributed by atoms with van der Waals surface area (Å²) in [5, 5.41) is 0. The molecule has 3 nitrogen and oxygen atoms in total. The highest BCUT2D eigenvalue weighted by molar-refractivity contribution is 7.85. The average molecular weight is 200 g/mol. The molecule has 0 spiro atoms. The summed E-state index contributed by atoms with van der Waals surface area (Å²) in [6.45, 7) is 1.94. The quantitative estimate of drug-likeness (QED) is 0.678. The molecule has 72 valence electrons. The first-order valence-electron chi connectivity index (χ1n) is 4.15. The van der Waals surface area contributed by atoms with E-state index in [1.54, 1.807) is 12.1 Å². The average Bonchev–Trinajstić information content (AvgIpc) is 2.55. The molecule has 0 saturated carbocycles. The van der Waals surface area contributed by atoms with Crippen molar-refractivity contribution in [1.29, 1.82) is 0 Å². The first-order valence-corrected chi connectivity index (χ1v) is 5.64. The molecule has 1 aromatic rings. The summed E-state index contributed by atoms with van der Waals surface area (Å²) >= 11 is 0.